The number of halogens is 2. The summed E-state index contributed by atoms with van der Waals surface area (Å²) in [7, 11) is 0. The molecular weight excluding hydrogens is 320 g/mol. The third-order valence-corrected chi connectivity index (χ3v) is 3.75. The summed E-state index contributed by atoms with van der Waals surface area (Å²) in [6.45, 7) is 0. The van der Waals surface area contributed by atoms with Crippen LogP contribution in [0.2, 0.25) is 0 Å². The van der Waals surface area contributed by atoms with Crippen molar-refractivity contribution in [1.82, 2.24) is 4.98 Å². The molecule has 3 rings (SSSR count). The molecule has 2 heterocycles. The lowest BCUT2D eigenvalue weighted by Gasteiger charge is -2.16. The summed E-state index contributed by atoms with van der Waals surface area (Å²) >= 11 is 7.04. The van der Waals surface area contributed by atoms with Gasteiger partial charge in [-0.15, -0.1) is 0 Å². The van der Waals surface area contributed by atoms with Gasteiger partial charge in [0.2, 0.25) is 0 Å². The Balaban J connectivity index is 2.54. The van der Waals surface area contributed by atoms with Crippen LogP contribution in [0.1, 0.15) is 5.56 Å². The van der Waals surface area contributed by atoms with Gasteiger partial charge in [-0.05, 0) is 50.1 Å². The normalized spacial score (nSPS) is 13.6. The van der Waals surface area contributed by atoms with Gasteiger partial charge in [0.05, 0.1) is 5.52 Å². The summed E-state index contributed by atoms with van der Waals surface area (Å²) in [5.74, 6) is 0. The Morgan fingerprint density at radius 1 is 1.13 bits per heavy atom. The van der Waals surface area contributed by atoms with Crippen LogP contribution in [-0.4, -0.2) is 4.98 Å². The highest BCUT2D eigenvalue weighted by molar-refractivity contribution is 9.15. The lowest BCUT2D eigenvalue weighted by molar-refractivity contribution is 1.38. The molecule has 0 bridgehead atoms. The van der Waals surface area contributed by atoms with Crippen LogP contribution in [0, 0.1) is 0 Å². The van der Waals surface area contributed by atoms with Crippen LogP contribution < -0.4 is 5.32 Å². The molecule has 2 nitrogen and oxygen atoms in total. The van der Waals surface area contributed by atoms with E-state index in [9.17, 15) is 0 Å². The van der Waals surface area contributed by atoms with E-state index in [1.807, 2.05) is 30.6 Å². The summed E-state index contributed by atoms with van der Waals surface area (Å²) < 4.78 is 2.08. The molecule has 2 aromatic rings. The molecule has 0 saturated heterocycles. The first-order chi connectivity index (χ1) is 7.27. The third kappa shape index (κ3) is 1.32. The molecule has 0 amide bonds. The highest BCUT2D eigenvalue weighted by Gasteiger charge is 2.14. The van der Waals surface area contributed by atoms with Gasteiger partial charge in [0, 0.05) is 38.0 Å². The summed E-state index contributed by atoms with van der Waals surface area (Å²) in [5.41, 5.74) is 3.26. The van der Waals surface area contributed by atoms with Crippen molar-refractivity contribution < 1.29 is 0 Å². The SMILES string of the molecule is BrC1=CNc2ccc(Br)c3nccc1c23. The zero-order valence-corrected chi connectivity index (χ0v) is 10.8. The Morgan fingerprint density at radius 3 is 2.87 bits per heavy atom. The van der Waals surface area contributed by atoms with Crippen LogP contribution in [0.5, 0.6) is 0 Å². The number of hydrogen-bond acceptors (Lipinski definition) is 2. The standard InChI is InChI=1S/C11H6Br2N2/c12-7-1-2-9-10-6(8(13)5-15-9)3-4-14-11(7)10/h1-5,15H. The minimum atomic E-state index is 0.988. The molecule has 0 radical (unpaired) electrons. The van der Waals surface area contributed by atoms with Crippen molar-refractivity contribution in [2.45, 2.75) is 0 Å². The molecule has 0 atom stereocenters. The lowest BCUT2D eigenvalue weighted by Crippen LogP contribution is -1.99. The number of nitrogens with one attached hydrogen (secondary N) is 1. The topological polar surface area (TPSA) is 24.9 Å². The van der Waals surface area contributed by atoms with Gasteiger partial charge in [0.25, 0.3) is 0 Å². The van der Waals surface area contributed by atoms with E-state index in [2.05, 4.69) is 42.2 Å². The van der Waals surface area contributed by atoms with Crippen molar-refractivity contribution in [3.63, 3.8) is 0 Å². The average molecular weight is 326 g/mol. The van der Waals surface area contributed by atoms with Crippen molar-refractivity contribution in [1.29, 1.82) is 0 Å². The van der Waals surface area contributed by atoms with Crippen molar-refractivity contribution >= 4 is 52.9 Å². The summed E-state index contributed by atoms with van der Waals surface area (Å²) in [6, 6.07) is 6.07. The van der Waals surface area contributed by atoms with Gasteiger partial charge in [-0.1, -0.05) is 0 Å². The number of rotatable bonds is 0. The fourth-order valence-electron chi connectivity index (χ4n) is 1.77. The Morgan fingerprint density at radius 2 is 2.00 bits per heavy atom. The van der Waals surface area contributed by atoms with E-state index in [1.165, 1.54) is 5.56 Å². The Labute approximate surface area is 104 Å². The van der Waals surface area contributed by atoms with Crippen LogP contribution >= 0.6 is 31.9 Å². The van der Waals surface area contributed by atoms with Gasteiger partial charge < -0.3 is 5.32 Å². The molecule has 1 aliphatic heterocycles. The molecule has 4 heteroatoms. The zero-order valence-electron chi connectivity index (χ0n) is 7.59. The van der Waals surface area contributed by atoms with Crippen molar-refractivity contribution in [3.05, 3.63) is 40.6 Å². The first-order valence-electron chi connectivity index (χ1n) is 4.47. The fraction of sp³-hybridized carbons (Fsp3) is 0. The zero-order chi connectivity index (χ0) is 10.4. The fourth-order valence-corrected chi connectivity index (χ4v) is 2.65. The highest BCUT2D eigenvalue weighted by Crippen LogP contribution is 2.38. The van der Waals surface area contributed by atoms with Crippen molar-refractivity contribution in [2.75, 3.05) is 5.32 Å². The summed E-state index contributed by atoms with van der Waals surface area (Å²) in [5, 5.41) is 4.39. The summed E-state index contributed by atoms with van der Waals surface area (Å²) in [4.78, 5) is 4.38. The maximum absolute atomic E-state index is 4.38. The van der Waals surface area contributed by atoms with Crippen LogP contribution in [0.25, 0.3) is 15.4 Å². The second-order valence-corrected chi connectivity index (χ2v) is 5.02. The minimum Gasteiger partial charge on any atom is -0.360 e. The first kappa shape index (κ1) is 9.36. The number of anilines is 1. The van der Waals surface area contributed by atoms with Gasteiger partial charge >= 0.3 is 0 Å². The quantitative estimate of drug-likeness (QED) is 0.788. The number of benzene rings is 1. The molecule has 0 saturated carbocycles. The van der Waals surface area contributed by atoms with E-state index in [0.717, 1.165) is 25.5 Å². The molecule has 0 unspecified atom stereocenters. The molecule has 0 aliphatic carbocycles. The van der Waals surface area contributed by atoms with Crippen LogP contribution in [-0.2, 0) is 0 Å². The maximum Gasteiger partial charge on any atom is 0.0871 e. The van der Waals surface area contributed by atoms with Gasteiger partial charge in [0.15, 0.2) is 0 Å². The number of pyridine rings is 1. The molecule has 15 heavy (non-hydrogen) atoms. The molecule has 1 aromatic heterocycles. The smallest absolute Gasteiger partial charge is 0.0871 e. The number of hydrogen-bond donors (Lipinski definition) is 1. The molecule has 1 N–H and O–H groups in total. The monoisotopic (exact) mass is 324 g/mol. The minimum absolute atomic E-state index is 0.988. The van der Waals surface area contributed by atoms with E-state index in [4.69, 9.17) is 0 Å². The Kier molecular flexibility index (Phi) is 2.07. The molecular formula is C11H6Br2N2. The first-order valence-corrected chi connectivity index (χ1v) is 6.06. The summed E-state index contributed by atoms with van der Waals surface area (Å²) in [6.07, 6.45) is 3.78. The lowest BCUT2D eigenvalue weighted by atomic mass is 10.1. The largest absolute Gasteiger partial charge is 0.360 e. The molecule has 0 spiro atoms. The van der Waals surface area contributed by atoms with Crippen LogP contribution in [0.4, 0.5) is 5.69 Å². The van der Waals surface area contributed by atoms with Gasteiger partial charge in [-0.25, -0.2) is 0 Å². The number of nitrogens with zero attached hydrogens (tertiary/aromatic N) is 1. The van der Waals surface area contributed by atoms with Crippen molar-refractivity contribution in [3.8, 4) is 0 Å². The number of aromatic nitrogens is 1. The van der Waals surface area contributed by atoms with Crippen LogP contribution in [0.15, 0.2) is 35.1 Å². The predicted molar refractivity (Wildman–Crippen MR) is 70.0 cm³/mol. The highest BCUT2D eigenvalue weighted by atomic mass is 79.9. The Hall–Kier alpha value is -0.870. The van der Waals surface area contributed by atoms with E-state index in [-0.39, 0.29) is 0 Å². The van der Waals surface area contributed by atoms with Gasteiger partial charge in [-0.3, -0.25) is 4.98 Å². The van der Waals surface area contributed by atoms with Crippen molar-refractivity contribution in [2.24, 2.45) is 0 Å². The van der Waals surface area contributed by atoms with E-state index < -0.39 is 0 Å². The van der Waals surface area contributed by atoms with Gasteiger partial charge in [-0.2, -0.15) is 0 Å². The molecule has 1 aliphatic rings. The van der Waals surface area contributed by atoms with Crippen LogP contribution in [0.3, 0.4) is 0 Å². The molecule has 1 aromatic carbocycles. The molecule has 74 valence electrons. The molecule has 0 fully saturated rings. The Bertz CT molecular complexity index is 590. The van der Waals surface area contributed by atoms with Gasteiger partial charge in [0.1, 0.15) is 0 Å². The third-order valence-electron chi connectivity index (χ3n) is 2.45. The van der Waals surface area contributed by atoms with E-state index in [0.29, 0.717) is 0 Å². The van der Waals surface area contributed by atoms with E-state index >= 15 is 0 Å². The maximum atomic E-state index is 4.38. The second-order valence-electron chi connectivity index (χ2n) is 3.31. The predicted octanol–water partition coefficient (Wildman–Crippen LogP) is 4.12. The average Bonchev–Trinajstić information content (AvgIpc) is 2.27. The second kappa shape index (κ2) is 3.32. The van der Waals surface area contributed by atoms with E-state index in [1.54, 1.807) is 0 Å².